The molecule has 1 unspecified atom stereocenters. The van der Waals surface area contributed by atoms with Crippen molar-refractivity contribution >= 4 is 23.5 Å². The van der Waals surface area contributed by atoms with Gasteiger partial charge in [0.1, 0.15) is 11.5 Å². The highest BCUT2D eigenvalue weighted by Gasteiger charge is 2.24. The van der Waals surface area contributed by atoms with Crippen molar-refractivity contribution in [3.05, 3.63) is 89.5 Å². The first-order valence-electron chi connectivity index (χ1n) is 11.7. The van der Waals surface area contributed by atoms with Crippen LogP contribution in [-0.2, 0) is 4.74 Å². The Morgan fingerprint density at radius 3 is 2.29 bits per heavy atom. The largest absolute Gasteiger partial charge is 0.497 e. The quantitative estimate of drug-likeness (QED) is 0.349. The Balaban J connectivity index is 1.90. The number of carbonyl (C=O) groups is 1. The Labute approximate surface area is 208 Å². The molecule has 3 aromatic carbocycles. The van der Waals surface area contributed by atoms with E-state index >= 15 is 0 Å². The van der Waals surface area contributed by atoms with Gasteiger partial charge in [0.15, 0.2) is 6.10 Å². The molecule has 0 heterocycles. The second-order valence-corrected chi connectivity index (χ2v) is 8.06. The molecule has 3 aromatic rings. The summed E-state index contributed by atoms with van der Waals surface area (Å²) >= 11 is 0. The number of nitrogens with one attached hydrogen (secondary N) is 1. The molecule has 0 fully saturated rings. The van der Waals surface area contributed by atoms with E-state index in [1.807, 2.05) is 55.5 Å². The third kappa shape index (κ3) is 6.15. The van der Waals surface area contributed by atoms with E-state index < -0.39 is 12.2 Å². The number of rotatable bonds is 10. The van der Waals surface area contributed by atoms with Gasteiger partial charge in [-0.2, -0.15) is 0 Å². The minimum absolute atomic E-state index is 0.556. The number of carbonyl (C=O) groups excluding carboxylic acids is 1. The Kier molecular flexibility index (Phi) is 8.79. The fourth-order valence-corrected chi connectivity index (χ4v) is 3.97. The van der Waals surface area contributed by atoms with Gasteiger partial charge in [0.05, 0.1) is 14.2 Å². The van der Waals surface area contributed by atoms with E-state index in [9.17, 15) is 4.79 Å². The molecule has 0 saturated heterocycles. The third-order valence-electron chi connectivity index (χ3n) is 6.00. The topological polar surface area (TPSA) is 60.0 Å². The Bertz CT molecular complexity index is 1150. The molecule has 6 heteroatoms. The maximum absolute atomic E-state index is 13.1. The zero-order chi connectivity index (χ0) is 25.4. The van der Waals surface area contributed by atoms with Crippen molar-refractivity contribution in [1.82, 2.24) is 0 Å². The van der Waals surface area contributed by atoms with Crippen LogP contribution in [0.15, 0.2) is 67.2 Å². The Hall–Kier alpha value is -3.93. The van der Waals surface area contributed by atoms with Crippen molar-refractivity contribution in [3.63, 3.8) is 0 Å². The van der Waals surface area contributed by atoms with Gasteiger partial charge in [0.25, 0.3) is 0 Å². The summed E-state index contributed by atoms with van der Waals surface area (Å²) in [5.74, 6) is 1.22. The summed E-state index contributed by atoms with van der Waals surface area (Å²) in [4.78, 5) is 15.3. The van der Waals surface area contributed by atoms with Crippen LogP contribution < -0.4 is 19.7 Å². The molecule has 6 nitrogen and oxygen atoms in total. The zero-order valence-electron chi connectivity index (χ0n) is 21.1. The molecule has 3 rings (SSSR count). The maximum Gasteiger partial charge on any atom is 0.412 e. The van der Waals surface area contributed by atoms with Crippen LogP contribution in [0, 0.1) is 6.92 Å². The lowest BCUT2D eigenvalue weighted by Gasteiger charge is -2.23. The summed E-state index contributed by atoms with van der Waals surface area (Å²) < 4.78 is 16.9. The van der Waals surface area contributed by atoms with E-state index in [-0.39, 0.29) is 0 Å². The van der Waals surface area contributed by atoms with Gasteiger partial charge in [-0.25, -0.2) is 4.79 Å². The lowest BCUT2D eigenvalue weighted by Crippen LogP contribution is -2.22. The van der Waals surface area contributed by atoms with Crippen LogP contribution in [0.4, 0.5) is 16.2 Å². The lowest BCUT2D eigenvalue weighted by atomic mass is 9.99. The molecular formula is C29H34N2O4. The van der Waals surface area contributed by atoms with Crippen molar-refractivity contribution in [1.29, 1.82) is 0 Å². The monoisotopic (exact) mass is 474 g/mol. The van der Waals surface area contributed by atoms with Crippen molar-refractivity contribution in [3.8, 4) is 11.5 Å². The van der Waals surface area contributed by atoms with E-state index in [0.29, 0.717) is 22.7 Å². The predicted molar refractivity (Wildman–Crippen MR) is 143 cm³/mol. The molecule has 0 aliphatic rings. The van der Waals surface area contributed by atoms with Gasteiger partial charge in [-0.3, -0.25) is 5.32 Å². The molecule has 0 bridgehead atoms. The molecule has 0 radical (unpaired) electrons. The minimum Gasteiger partial charge on any atom is -0.497 e. The van der Waals surface area contributed by atoms with Crippen LogP contribution in [0.5, 0.6) is 11.5 Å². The van der Waals surface area contributed by atoms with Crippen LogP contribution in [0.3, 0.4) is 0 Å². The first-order valence-corrected chi connectivity index (χ1v) is 11.7. The highest BCUT2D eigenvalue weighted by atomic mass is 16.6. The molecule has 1 amide bonds. The van der Waals surface area contributed by atoms with E-state index in [2.05, 4.69) is 36.7 Å². The number of hydrogen-bond donors (Lipinski definition) is 1. The van der Waals surface area contributed by atoms with Crippen molar-refractivity contribution in [2.45, 2.75) is 26.9 Å². The number of nitrogens with zero attached hydrogens (tertiary/aromatic N) is 1. The van der Waals surface area contributed by atoms with Crippen LogP contribution in [0.25, 0.3) is 6.08 Å². The number of anilines is 2. The summed E-state index contributed by atoms with van der Waals surface area (Å²) in [6.45, 7) is 11.9. The highest BCUT2D eigenvalue weighted by Crippen LogP contribution is 2.36. The summed E-state index contributed by atoms with van der Waals surface area (Å²) in [6, 6.07) is 19.1. The maximum atomic E-state index is 13.1. The SMILES string of the molecule is C=Cc1ccc(C(OC(=O)Nc2ccc(N(CC)CC)cc2C)c2ccc(OC)cc2OC)cc1. The predicted octanol–water partition coefficient (Wildman–Crippen LogP) is 6.84. The second-order valence-electron chi connectivity index (χ2n) is 8.06. The Morgan fingerprint density at radius 2 is 1.71 bits per heavy atom. The number of benzene rings is 3. The number of amides is 1. The zero-order valence-corrected chi connectivity index (χ0v) is 21.1. The average Bonchev–Trinajstić information content (AvgIpc) is 2.89. The molecule has 184 valence electrons. The normalized spacial score (nSPS) is 11.3. The van der Waals surface area contributed by atoms with Gasteiger partial charge in [0, 0.05) is 36.1 Å². The molecule has 0 spiro atoms. The second kappa shape index (κ2) is 12.0. The first-order chi connectivity index (χ1) is 16.9. The van der Waals surface area contributed by atoms with Crippen molar-refractivity contribution < 1.29 is 19.0 Å². The van der Waals surface area contributed by atoms with E-state index in [4.69, 9.17) is 14.2 Å². The summed E-state index contributed by atoms with van der Waals surface area (Å²) in [6.07, 6.45) is 0.523. The van der Waals surface area contributed by atoms with E-state index in [1.165, 1.54) is 0 Å². The smallest absolute Gasteiger partial charge is 0.412 e. The molecule has 1 atom stereocenters. The summed E-state index contributed by atoms with van der Waals surface area (Å²) in [5.41, 5.74) is 5.27. The molecular weight excluding hydrogens is 440 g/mol. The van der Waals surface area contributed by atoms with Gasteiger partial charge in [-0.15, -0.1) is 0 Å². The average molecular weight is 475 g/mol. The molecule has 0 aliphatic carbocycles. The Morgan fingerprint density at radius 1 is 1.00 bits per heavy atom. The lowest BCUT2D eigenvalue weighted by molar-refractivity contribution is 0.129. The minimum atomic E-state index is -0.690. The standard InChI is InChI=1S/C29H34N2O4/c1-7-21-10-12-22(13-11-21)28(25-16-15-24(33-5)19-27(25)34-6)35-29(32)30-26-17-14-23(18-20(26)4)31(8-2)9-3/h7,10-19,28H,1,8-9H2,2-6H3,(H,30,32). The fourth-order valence-electron chi connectivity index (χ4n) is 3.97. The molecule has 0 aromatic heterocycles. The summed E-state index contributed by atoms with van der Waals surface area (Å²) in [5, 5.41) is 2.90. The van der Waals surface area contributed by atoms with Crippen LogP contribution in [0.1, 0.15) is 42.2 Å². The van der Waals surface area contributed by atoms with Crippen LogP contribution >= 0.6 is 0 Å². The van der Waals surface area contributed by atoms with Gasteiger partial charge < -0.3 is 19.1 Å². The van der Waals surface area contributed by atoms with Gasteiger partial charge in [0.2, 0.25) is 0 Å². The van der Waals surface area contributed by atoms with Crippen molar-refractivity contribution in [2.24, 2.45) is 0 Å². The fraction of sp³-hybridized carbons (Fsp3) is 0.276. The van der Waals surface area contributed by atoms with Crippen LogP contribution in [0.2, 0.25) is 0 Å². The summed E-state index contributed by atoms with van der Waals surface area (Å²) in [7, 11) is 3.18. The first kappa shape index (κ1) is 25.7. The number of aryl methyl sites for hydroxylation is 1. The van der Waals surface area contributed by atoms with Gasteiger partial charge >= 0.3 is 6.09 Å². The highest BCUT2D eigenvalue weighted by molar-refractivity contribution is 5.86. The number of methoxy groups -OCH3 is 2. The van der Waals surface area contributed by atoms with Crippen molar-refractivity contribution in [2.75, 3.05) is 37.5 Å². The molecule has 0 saturated carbocycles. The molecule has 1 N–H and O–H groups in total. The van der Waals surface area contributed by atoms with E-state index in [1.54, 1.807) is 26.4 Å². The van der Waals surface area contributed by atoms with Gasteiger partial charge in [-0.05, 0) is 67.8 Å². The number of ether oxygens (including phenoxy) is 3. The van der Waals surface area contributed by atoms with Crippen LogP contribution in [-0.4, -0.2) is 33.4 Å². The molecule has 35 heavy (non-hydrogen) atoms. The number of hydrogen-bond acceptors (Lipinski definition) is 5. The third-order valence-corrected chi connectivity index (χ3v) is 6.00. The molecule has 0 aliphatic heterocycles. The van der Waals surface area contributed by atoms with E-state index in [0.717, 1.165) is 35.5 Å². The van der Waals surface area contributed by atoms with Gasteiger partial charge in [-0.1, -0.05) is 36.9 Å².